The molecule has 0 aliphatic heterocycles. The maximum absolute atomic E-state index is 5.76. The molecule has 0 fully saturated rings. The first kappa shape index (κ1) is 24.7. The molecule has 0 spiro atoms. The number of nitrogens with zero attached hydrogens (tertiary/aromatic N) is 2. The van der Waals surface area contributed by atoms with E-state index >= 15 is 0 Å². The molecule has 0 bridgehead atoms. The second kappa shape index (κ2) is 13.7. The number of anilines is 1. The summed E-state index contributed by atoms with van der Waals surface area (Å²) in [4.78, 5) is 4.62. The van der Waals surface area contributed by atoms with Gasteiger partial charge in [0.2, 0.25) is 0 Å². The van der Waals surface area contributed by atoms with Crippen LogP contribution in [0.3, 0.4) is 0 Å². The van der Waals surface area contributed by atoms with Gasteiger partial charge in [-0.05, 0) is 19.1 Å². The molecule has 0 saturated heterocycles. The number of hydrogen-bond donors (Lipinski definition) is 2. The molecule has 1 heterocycles. The molecule has 166 valence electrons. The molecule has 0 amide bonds. The molecule has 0 aliphatic rings. The molecule has 0 unspecified atom stereocenters. The van der Waals surface area contributed by atoms with Crippen LogP contribution in [-0.4, -0.2) is 38.0 Å². The number of halogens is 1. The summed E-state index contributed by atoms with van der Waals surface area (Å²) >= 11 is 0. The number of ether oxygens (including phenoxy) is 2. The van der Waals surface area contributed by atoms with Gasteiger partial charge in [0.25, 0.3) is 0 Å². The number of methoxy groups -OCH3 is 1. The Labute approximate surface area is 200 Å². The van der Waals surface area contributed by atoms with Crippen molar-refractivity contribution in [3.63, 3.8) is 0 Å². The smallest absolute Gasteiger partial charge is 0.196 e. The Balaban J connectivity index is 0.00000341. The number of benzene rings is 2. The van der Waals surface area contributed by atoms with Gasteiger partial charge in [-0.1, -0.05) is 41.6 Å². The third-order valence-electron chi connectivity index (χ3n) is 4.22. The summed E-state index contributed by atoms with van der Waals surface area (Å²) < 4.78 is 16.3. The summed E-state index contributed by atoms with van der Waals surface area (Å²) in [6.07, 6.45) is 0.848. The van der Waals surface area contributed by atoms with Crippen LogP contribution >= 0.6 is 24.0 Å². The number of nitrogens with one attached hydrogen (secondary N) is 2. The topological polar surface area (TPSA) is 80.9 Å². The molecule has 0 aliphatic carbocycles. The Kier molecular flexibility index (Phi) is 10.9. The van der Waals surface area contributed by atoms with E-state index < -0.39 is 0 Å². The average molecular weight is 536 g/mol. The zero-order chi connectivity index (χ0) is 21.0. The van der Waals surface area contributed by atoms with Crippen molar-refractivity contribution in [2.45, 2.75) is 19.9 Å². The van der Waals surface area contributed by atoms with Crippen LogP contribution in [0.25, 0.3) is 11.3 Å². The van der Waals surface area contributed by atoms with Crippen LogP contribution in [0.1, 0.15) is 19.0 Å². The zero-order valence-corrected chi connectivity index (χ0v) is 20.2. The quantitative estimate of drug-likeness (QED) is 0.165. The highest BCUT2D eigenvalue weighted by molar-refractivity contribution is 14.0. The molecular formula is C23H29IN4O3. The summed E-state index contributed by atoms with van der Waals surface area (Å²) in [5, 5.41) is 10.7. The normalized spacial score (nSPS) is 11.0. The number of guanidine groups is 1. The van der Waals surface area contributed by atoms with E-state index in [1.54, 1.807) is 7.11 Å². The Morgan fingerprint density at radius 1 is 1.06 bits per heavy atom. The predicted octanol–water partition coefficient (Wildman–Crippen LogP) is 4.95. The standard InChI is InChI=1S/C23H28N4O3.HI/c1-3-24-23(26-19-11-7-12-21(15-19)29-14-8-13-28-2)25-17-20-16-22(30-27-20)18-9-5-4-6-10-18;/h4-7,9-12,15-16H,3,8,13-14,17H2,1-2H3,(H2,24,25,26);1H. The van der Waals surface area contributed by atoms with Crippen LogP contribution in [0, 0.1) is 0 Å². The van der Waals surface area contributed by atoms with E-state index in [0.717, 1.165) is 41.4 Å². The summed E-state index contributed by atoms with van der Waals surface area (Å²) in [6.45, 7) is 4.46. The van der Waals surface area contributed by atoms with Gasteiger partial charge >= 0.3 is 0 Å². The van der Waals surface area contributed by atoms with Gasteiger partial charge in [0.15, 0.2) is 11.7 Å². The van der Waals surface area contributed by atoms with E-state index in [1.807, 2.05) is 67.6 Å². The molecule has 31 heavy (non-hydrogen) atoms. The fourth-order valence-electron chi connectivity index (χ4n) is 2.79. The summed E-state index contributed by atoms with van der Waals surface area (Å²) in [5.41, 5.74) is 2.65. The van der Waals surface area contributed by atoms with E-state index in [9.17, 15) is 0 Å². The molecule has 2 N–H and O–H groups in total. The van der Waals surface area contributed by atoms with Gasteiger partial charge in [-0.15, -0.1) is 24.0 Å². The highest BCUT2D eigenvalue weighted by Gasteiger charge is 2.07. The molecular weight excluding hydrogens is 507 g/mol. The van der Waals surface area contributed by atoms with Crippen LogP contribution in [0.5, 0.6) is 5.75 Å². The number of hydrogen-bond acceptors (Lipinski definition) is 5. The molecule has 2 aromatic carbocycles. The molecule has 0 atom stereocenters. The lowest BCUT2D eigenvalue weighted by molar-refractivity contribution is 0.172. The van der Waals surface area contributed by atoms with Gasteiger partial charge in [0.1, 0.15) is 11.4 Å². The molecule has 7 nitrogen and oxygen atoms in total. The second-order valence-corrected chi connectivity index (χ2v) is 6.59. The van der Waals surface area contributed by atoms with Gasteiger partial charge in [-0.2, -0.15) is 0 Å². The first-order chi connectivity index (χ1) is 14.8. The Morgan fingerprint density at radius 2 is 1.90 bits per heavy atom. The Morgan fingerprint density at radius 3 is 2.68 bits per heavy atom. The summed E-state index contributed by atoms with van der Waals surface area (Å²) in [5.74, 6) is 2.20. The maximum Gasteiger partial charge on any atom is 0.196 e. The largest absolute Gasteiger partial charge is 0.493 e. The fraction of sp³-hybridized carbons (Fsp3) is 0.304. The summed E-state index contributed by atoms with van der Waals surface area (Å²) in [7, 11) is 1.69. The third kappa shape index (κ3) is 8.22. The third-order valence-corrected chi connectivity index (χ3v) is 4.22. The monoisotopic (exact) mass is 536 g/mol. The predicted molar refractivity (Wildman–Crippen MR) is 134 cm³/mol. The van der Waals surface area contributed by atoms with Crippen molar-refractivity contribution in [2.24, 2.45) is 4.99 Å². The average Bonchev–Trinajstić information content (AvgIpc) is 3.25. The van der Waals surface area contributed by atoms with Crippen LogP contribution < -0.4 is 15.4 Å². The van der Waals surface area contributed by atoms with Gasteiger partial charge in [-0.3, -0.25) is 0 Å². The fourth-order valence-corrected chi connectivity index (χ4v) is 2.79. The highest BCUT2D eigenvalue weighted by Crippen LogP contribution is 2.20. The van der Waals surface area contributed by atoms with E-state index in [0.29, 0.717) is 25.7 Å². The van der Waals surface area contributed by atoms with Crippen molar-refractivity contribution >= 4 is 35.6 Å². The lowest BCUT2D eigenvalue weighted by atomic mass is 10.2. The second-order valence-electron chi connectivity index (χ2n) is 6.59. The lowest BCUT2D eigenvalue weighted by Gasteiger charge is -2.12. The summed E-state index contributed by atoms with van der Waals surface area (Å²) in [6, 6.07) is 19.6. The van der Waals surface area contributed by atoms with Gasteiger partial charge < -0.3 is 24.6 Å². The van der Waals surface area contributed by atoms with Gasteiger partial charge in [-0.25, -0.2) is 4.99 Å². The molecule has 1 aromatic heterocycles. The number of rotatable bonds is 10. The van der Waals surface area contributed by atoms with Crippen molar-refractivity contribution in [2.75, 3.05) is 32.2 Å². The van der Waals surface area contributed by atoms with E-state index in [-0.39, 0.29) is 24.0 Å². The van der Waals surface area contributed by atoms with E-state index in [1.165, 1.54) is 0 Å². The lowest BCUT2D eigenvalue weighted by Crippen LogP contribution is -2.30. The molecule has 0 radical (unpaired) electrons. The first-order valence-electron chi connectivity index (χ1n) is 10.1. The van der Waals surface area contributed by atoms with Crippen molar-refractivity contribution in [1.29, 1.82) is 0 Å². The van der Waals surface area contributed by atoms with Crippen molar-refractivity contribution in [3.05, 3.63) is 66.4 Å². The van der Waals surface area contributed by atoms with Crippen molar-refractivity contribution in [3.8, 4) is 17.1 Å². The number of aliphatic imine (C=N–C) groups is 1. The Hall–Kier alpha value is -2.59. The highest BCUT2D eigenvalue weighted by atomic mass is 127. The zero-order valence-electron chi connectivity index (χ0n) is 17.8. The maximum atomic E-state index is 5.76. The van der Waals surface area contributed by atoms with Gasteiger partial charge in [0, 0.05) is 50.1 Å². The van der Waals surface area contributed by atoms with Crippen LogP contribution in [-0.2, 0) is 11.3 Å². The minimum atomic E-state index is 0. The number of aromatic nitrogens is 1. The van der Waals surface area contributed by atoms with Gasteiger partial charge in [0.05, 0.1) is 13.2 Å². The molecule has 0 saturated carbocycles. The van der Waals surface area contributed by atoms with Crippen molar-refractivity contribution in [1.82, 2.24) is 10.5 Å². The SMILES string of the molecule is CCNC(=NCc1cc(-c2ccccc2)on1)Nc1cccc(OCCCOC)c1.I. The van der Waals surface area contributed by atoms with Crippen molar-refractivity contribution < 1.29 is 14.0 Å². The molecule has 3 rings (SSSR count). The van der Waals surface area contributed by atoms with Crippen LogP contribution in [0.15, 0.2) is 70.2 Å². The molecule has 3 aromatic rings. The minimum Gasteiger partial charge on any atom is -0.493 e. The molecule has 8 heteroatoms. The Bertz CT molecular complexity index is 931. The van der Waals surface area contributed by atoms with E-state index in [2.05, 4.69) is 20.8 Å². The first-order valence-corrected chi connectivity index (χ1v) is 10.1. The van der Waals surface area contributed by atoms with Crippen LogP contribution in [0.2, 0.25) is 0 Å². The minimum absolute atomic E-state index is 0. The van der Waals surface area contributed by atoms with E-state index in [4.69, 9.17) is 14.0 Å². The van der Waals surface area contributed by atoms with Crippen LogP contribution in [0.4, 0.5) is 5.69 Å².